The van der Waals surface area contributed by atoms with Crippen molar-refractivity contribution in [1.29, 1.82) is 0 Å². The summed E-state index contributed by atoms with van der Waals surface area (Å²) in [6.07, 6.45) is 1.67. The fraction of sp³-hybridized carbons (Fsp3) is 0.333. The first kappa shape index (κ1) is 19.1. The molecular formula is C18H17N5O6S. The fourth-order valence-electron chi connectivity index (χ4n) is 3.49. The predicted molar refractivity (Wildman–Crippen MR) is 102 cm³/mol. The highest BCUT2D eigenvalue weighted by molar-refractivity contribution is 7.86. The van der Waals surface area contributed by atoms with Gasteiger partial charge in [0.05, 0.1) is 17.8 Å². The number of epoxide rings is 1. The summed E-state index contributed by atoms with van der Waals surface area (Å²) in [5.74, 6) is 0.282. The van der Waals surface area contributed by atoms with E-state index < -0.39 is 22.4 Å². The number of nitrogens with one attached hydrogen (secondary N) is 1. The number of aromatic nitrogens is 4. The highest BCUT2D eigenvalue weighted by Gasteiger charge is 2.59. The lowest BCUT2D eigenvalue weighted by atomic mass is 10.2. The number of fused-ring (bicyclic) bond motifs is 2. The third kappa shape index (κ3) is 3.23. The van der Waals surface area contributed by atoms with Crippen LogP contribution >= 0.6 is 0 Å². The summed E-state index contributed by atoms with van der Waals surface area (Å²) in [5.41, 5.74) is 1.82. The van der Waals surface area contributed by atoms with Gasteiger partial charge in [0.2, 0.25) is 6.41 Å². The molecule has 12 heteroatoms. The lowest BCUT2D eigenvalue weighted by molar-refractivity contribution is -0.105. The van der Waals surface area contributed by atoms with Crippen LogP contribution in [0.2, 0.25) is 0 Å². The number of anilines is 1. The molecule has 5 rings (SSSR count). The quantitative estimate of drug-likeness (QED) is 0.326. The van der Waals surface area contributed by atoms with Gasteiger partial charge in [0.15, 0.2) is 23.2 Å². The molecule has 1 N–H and O–H groups in total. The molecule has 0 spiro atoms. The minimum absolute atomic E-state index is 0.0865. The standard InChI is InChI=1S/C18H17N5O6S/c1-10-2-4-11(5-3-10)30(25,26)27-6-12-14-15(29-14)18(28-12)23-8-21-13-16(22-9-24)19-7-20-17(13)23/h2-5,7-9,12,14-15,18H,6H2,1H3,(H,19,20,22,24). The zero-order valence-electron chi connectivity index (χ0n) is 15.7. The van der Waals surface area contributed by atoms with Crippen molar-refractivity contribution in [3.05, 3.63) is 42.5 Å². The van der Waals surface area contributed by atoms with E-state index in [2.05, 4.69) is 20.3 Å². The van der Waals surface area contributed by atoms with Crippen molar-refractivity contribution in [3.63, 3.8) is 0 Å². The molecule has 1 aromatic carbocycles. The Kier molecular flexibility index (Phi) is 4.50. The van der Waals surface area contributed by atoms with Crippen molar-refractivity contribution in [1.82, 2.24) is 19.5 Å². The van der Waals surface area contributed by atoms with Crippen LogP contribution in [0.15, 0.2) is 41.8 Å². The molecule has 11 nitrogen and oxygen atoms in total. The third-order valence-corrected chi connectivity index (χ3v) is 6.34. The monoisotopic (exact) mass is 431 g/mol. The molecule has 0 saturated carbocycles. The molecule has 1 amide bonds. The topological polar surface area (TPSA) is 138 Å². The van der Waals surface area contributed by atoms with E-state index in [1.54, 1.807) is 16.7 Å². The van der Waals surface area contributed by atoms with Crippen molar-refractivity contribution in [2.75, 3.05) is 11.9 Å². The van der Waals surface area contributed by atoms with Crippen LogP contribution in [0.5, 0.6) is 0 Å². The number of aryl methyl sites for hydroxylation is 1. The second-order valence-corrected chi connectivity index (χ2v) is 8.61. The minimum Gasteiger partial charge on any atom is -0.362 e. The Morgan fingerprint density at radius 3 is 2.73 bits per heavy atom. The average molecular weight is 431 g/mol. The molecule has 2 aromatic heterocycles. The molecule has 4 unspecified atom stereocenters. The van der Waals surface area contributed by atoms with Gasteiger partial charge < -0.3 is 14.8 Å². The first-order valence-electron chi connectivity index (χ1n) is 9.13. The minimum atomic E-state index is -3.90. The van der Waals surface area contributed by atoms with Gasteiger partial charge in [-0.2, -0.15) is 8.42 Å². The Morgan fingerprint density at radius 1 is 1.17 bits per heavy atom. The molecule has 4 atom stereocenters. The zero-order chi connectivity index (χ0) is 20.9. The summed E-state index contributed by atoms with van der Waals surface area (Å²) in [4.78, 5) is 23.3. The average Bonchev–Trinajstić information content (AvgIpc) is 3.26. The molecule has 3 aromatic rings. The van der Waals surface area contributed by atoms with Gasteiger partial charge in [-0.1, -0.05) is 17.7 Å². The number of amides is 1. The second kappa shape index (κ2) is 7.09. The summed E-state index contributed by atoms with van der Waals surface area (Å²) < 4.78 is 43.4. The third-order valence-electron chi connectivity index (χ3n) is 5.05. The maximum Gasteiger partial charge on any atom is 0.297 e. The van der Waals surface area contributed by atoms with Crippen LogP contribution in [-0.4, -0.2) is 59.3 Å². The Balaban J connectivity index is 1.31. The van der Waals surface area contributed by atoms with Gasteiger partial charge in [-0.25, -0.2) is 15.0 Å². The van der Waals surface area contributed by atoms with Gasteiger partial charge in [0.25, 0.3) is 10.1 Å². The first-order chi connectivity index (χ1) is 14.5. The second-order valence-electron chi connectivity index (χ2n) is 6.99. The summed E-state index contributed by atoms with van der Waals surface area (Å²) in [6, 6.07) is 6.42. The van der Waals surface area contributed by atoms with E-state index >= 15 is 0 Å². The van der Waals surface area contributed by atoms with E-state index in [1.165, 1.54) is 24.8 Å². The van der Waals surface area contributed by atoms with E-state index in [1.807, 2.05) is 6.92 Å². The van der Waals surface area contributed by atoms with Gasteiger partial charge in [-0.15, -0.1) is 0 Å². The summed E-state index contributed by atoms with van der Waals surface area (Å²) in [7, 11) is -3.90. The van der Waals surface area contributed by atoms with Gasteiger partial charge >= 0.3 is 0 Å². The first-order valence-corrected chi connectivity index (χ1v) is 10.5. The maximum atomic E-state index is 12.4. The number of hydrogen-bond acceptors (Lipinski definition) is 9. The van der Waals surface area contributed by atoms with Crippen molar-refractivity contribution in [2.45, 2.75) is 36.4 Å². The van der Waals surface area contributed by atoms with Crippen LogP contribution < -0.4 is 5.32 Å². The van der Waals surface area contributed by atoms with Crippen LogP contribution in [0.25, 0.3) is 11.2 Å². The Bertz CT molecular complexity index is 1210. The smallest absolute Gasteiger partial charge is 0.297 e. The predicted octanol–water partition coefficient (Wildman–Crippen LogP) is 0.773. The molecule has 2 aliphatic rings. The number of carbonyl (C=O) groups excluding carboxylic acids is 1. The molecule has 2 fully saturated rings. The Labute approximate surface area is 171 Å². The molecule has 156 valence electrons. The molecule has 0 radical (unpaired) electrons. The molecule has 0 aliphatic carbocycles. The number of carbonyl (C=O) groups is 1. The van der Waals surface area contributed by atoms with Crippen molar-refractivity contribution >= 4 is 33.5 Å². The number of nitrogens with zero attached hydrogens (tertiary/aromatic N) is 4. The van der Waals surface area contributed by atoms with Gasteiger partial charge in [0.1, 0.15) is 24.6 Å². The summed E-state index contributed by atoms with van der Waals surface area (Å²) in [5, 5.41) is 2.47. The number of ether oxygens (including phenoxy) is 2. The lowest BCUT2D eigenvalue weighted by Crippen LogP contribution is -2.25. The van der Waals surface area contributed by atoms with E-state index in [4.69, 9.17) is 13.7 Å². The maximum absolute atomic E-state index is 12.4. The zero-order valence-corrected chi connectivity index (χ0v) is 16.5. The molecule has 0 bridgehead atoms. The van der Waals surface area contributed by atoms with E-state index in [9.17, 15) is 13.2 Å². The molecule has 2 saturated heterocycles. The van der Waals surface area contributed by atoms with Gasteiger partial charge in [0, 0.05) is 0 Å². The van der Waals surface area contributed by atoms with Gasteiger partial charge in [-0.05, 0) is 19.1 Å². The van der Waals surface area contributed by atoms with Crippen LogP contribution in [0.3, 0.4) is 0 Å². The van der Waals surface area contributed by atoms with E-state index in [0.717, 1.165) is 5.56 Å². The highest BCUT2D eigenvalue weighted by atomic mass is 32.2. The number of benzene rings is 1. The van der Waals surface area contributed by atoms with Crippen molar-refractivity contribution in [3.8, 4) is 0 Å². The fourth-order valence-corrected chi connectivity index (χ4v) is 4.40. The lowest BCUT2D eigenvalue weighted by Gasteiger charge is -2.18. The SMILES string of the molecule is Cc1ccc(S(=O)(=O)OCC2OC(n3cnc4c(NC=O)ncnc43)C3OC23)cc1. The van der Waals surface area contributed by atoms with E-state index in [-0.39, 0.29) is 29.5 Å². The van der Waals surface area contributed by atoms with Crippen LogP contribution in [-0.2, 0) is 28.6 Å². The number of hydrogen-bond donors (Lipinski definition) is 1. The molecule has 4 heterocycles. The van der Waals surface area contributed by atoms with Crippen LogP contribution in [0, 0.1) is 6.92 Å². The number of imidazole rings is 1. The van der Waals surface area contributed by atoms with Crippen molar-refractivity contribution in [2.24, 2.45) is 0 Å². The van der Waals surface area contributed by atoms with Crippen molar-refractivity contribution < 1.29 is 26.9 Å². The van der Waals surface area contributed by atoms with Gasteiger partial charge in [-0.3, -0.25) is 13.5 Å². The largest absolute Gasteiger partial charge is 0.362 e. The molecule has 30 heavy (non-hydrogen) atoms. The summed E-state index contributed by atoms with van der Waals surface area (Å²) >= 11 is 0. The van der Waals surface area contributed by atoms with Crippen LogP contribution in [0.4, 0.5) is 5.82 Å². The highest BCUT2D eigenvalue weighted by Crippen LogP contribution is 2.46. The summed E-state index contributed by atoms with van der Waals surface area (Å²) in [6.45, 7) is 1.70. The molecular weight excluding hydrogens is 414 g/mol. The normalized spacial score (nSPS) is 25.2. The van der Waals surface area contributed by atoms with E-state index in [0.29, 0.717) is 17.6 Å². The Morgan fingerprint density at radius 2 is 1.97 bits per heavy atom. The Hall–Kier alpha value is -2.93. The molecule has 2 aliphatic heterocycles. The van der Waals surface area contributed by atoms with Crippen LogP contribution in [0.1, 0.15) is 11.8 Å². The number of rotatable bonds is 7.